The molecule has 0 aliphatic rings. The molecule has 132 valence electrons. The predicted octanol–water partition coefficient (Wildman–Crippen LogP) is 4.34. The molecule has 0 saturated heterocycles. The van der Waals surface area contributed by atoms with Gasteiger partial charge >= 0.3 is 0 Å². The Labute approximate surface area is 153 Å². The lowest BCUT2D eigenvalue weighted by molar-refractivity contribution is 0.102. The number of hydrogen-bond acceptors (Lipinski definition) is 4. The van der Waals surface area contributed by atoms with Gasteiger partial charge in [-0.1, -0.05) is 30.3 Å². The SMILES string of the molecule is CCOc1ccc(NC(=O)c2ccnc(NCc3ccccc3)c2)cc1. The molecule has 0 radical (unpaired) electrons. The van der Waals surface area contributed by atoms with Gasteiger partial charge in [0.1, 0.15) is 11.6 Å². The van der Waals surface area contributed by atoms with E-state index < -0.39 is 0 Å². The third-order valence-electron chi connectivity index (χ3n) is 3.76. The van der Waals surface area contributed by atoms with Crippen LogP contribution in [0.2, 0.25) is 0 Å². The number of benzene rings is 2. The van der Waals surface area contributed by atoms with E-state index >= 15 is 0 Å². The molecular weight excluding hydrogens is 326 g/mol. The van der Waals surface area contributed by atoms with Crippen molar-refractivity contribution in [3.05, 3.63) is 84.1 Å². The lowest BCUT2D eigenvalue weighted by Gasteiger charge is -2.09. The van der Waals surface area contributed by atoms with E-state index in [1.54, 1.807) is 18.3 Å². The fraction of sp³-hybridized carbons (Fsp3) is 0.143. The smallest absolute Gasteiger partial charge is 0.255 e. The molecule has 26 heavy (non-hydrogen) atoms. The average Bonchev–Trinajstić information content (AvgIpc) is 2.69. The Morgan fingerprint density at radius 1 is 1.04 bits per heavy atom. The van der Waals surface area contributed by atoms with Gasteiger partial charge in [-0.15, -0.1) is 0 Å². The van der Waals surface area contributed by atoms with Crippen molar-refractivity contribution < 1.29 is 9.53 Å². The third-order valence-corrected chi connectivity index (χ3v) is 3.76. The van der Waals surface area contributed by atoms with Crippen molar-refractivity contribution in [1.82, 2.24) is 4.98 Å². The van der Waals surface area contributed by atoms with Gasteiger partial charge in [0.05, 0.1) is 6.61 Å². The maximum Gasteiger partial charge on any atom is 0.255 e. The number of carbonyl (C=O) groups excluding carboxylic acids is 1. The first-order valence-corrected chi connectivity index (χ1v) is 8.52. The number of carbonyl (C=O) groups is 1. The molecule has 5 nitrogen and oxygen atoms in total. The lowest BCUT2D eigenvalue weighted by atomic mass is 10.2. The van der Waals surface area contributed by atoms with E-state index in [1.165, 1.54) is 0 Å². The minimum atomic E-state index is -0.181. The van der Waals surface area contributed by atoms with Crippen LogP contribution in [0.3, 0.4) is 0 Å². The van der Waals surface area contributed by atoms with E-state index in [-0.39, 0.29) is 5.91 Å². The Morgan fingerprint density at radius 3 is 2.54 bits per heavy atom. The van der Waals surface area contributed by atoms with Crippen molar-refractivity contribution in [3.8, 4) is 5.75 Å². The van der Waals surface area contributed by atoms with E-state index in [4.69, 9.17) is 4.74 Å². The fourth-order valence-corrected chi connectivity index (χ4v) is 2.46. The van der Waals surface area contributed by atoms with Gasteiger partial charge < -0.3 is 15.4 Å². The number of aromatic nitrogens is 1. The van der Waals surface area contributed by atoms with Crippen molar-refractivity contribution >= 4 is 17.4 Å². The summed E-state index contributed by atoms with van der Waals surface area (Å²) in [6.07, 6.45) is 1.63. The number of amides is 1. The zero-order chi connectivity index (χ0) is 18.2. The van der Waals surface area contributed by atoms with E-state index in [9.17, 15) is 4.79 Å². The third kappa shape index (κ3) is 4.83. The Morgan fingerprint density at radius 2 is 1.81 bits per heavy atom. The number of anilines is 2. The van der Waals surface area contributed by atoms with Gasteiger partial charge in [-0.05, 0) is 48.9 Å². The molecule has 1 heterocycles. The Bertz CT molecular complexity index is 849. The molecule has 2 aromatic carbocycles. The van der Waals surface area contributed by atoms with Crippen LogP contribution >= 0.6 is 0 Å². The van der Waals surface area contributed by atoms with Crippen LogP contribution in [0.5, 0.6) is 5.75 Å². The maximum absolute atomic E-state index is 12.5. The van der Waals surface area contributed by atoms with Gasteiger partial charge in [0.25, 0.3) is 5.91 Å². The number of nitrogens with zero attached hydrogens (tertiary/aromatic N) is 1. The highest BCUT2D eigenvalue weighted by atomic mass is 16.5. The van der Waals surface area contributed by atoms with Crippen LogP contribution in [0.4, 0.5) is 11.5 Å². The molecule has 1 amide bonds. The first kappa shape index (κ1) is 17.5. The van der Waals surface area contributed by atoms with Crippen LogP contribution in [0.15, 0.2) is 72.9 Å². The summed E-state index contributed by atoms with van der Waals surface area (Å²) in [6.45, 7) is 3.20. The molecule has 1 aromatic heterocycles. The van der Waals surface area contributed by atoms with Gasteiger partial charge in [-0.2, -0.15) is 0 Å². The van der Waals surface area contributed by atoms with Gasteiger partial charge in [0.15, 0.2) is 0 Å². The minimum Gasteiger partial charge on any atom is -0.494 e. The van der Waals surface area contributed by atoms with E-state index in [2.05, 4.69) is 15.6 Å². The van der Waals surface area contributed by atoms with Crippen molar-refractivity contribution in [2.45, 2.75) is 13.5 Å². The molecular formula is C21H21N3O2. The standard InChI is InChI=1S/C21H21N3O2/c1-2-26-19-10-8-18(9-11-19)24-21(25)17-12-13-22-20(14-17)23-15-16-6-4-3-5-7-16/h3-14H,2,15H2,1H3,(H,22,23)(H,24,25). The van der Waals surface area contributed by atoms with Crippen molar-refractivity contribution in [2.24, 2.45) is 0 Å². The summed E-state index contributed by atoms with van der Waals surface area (Å²) in [5.41, 5.74) is 2.41. The molecule has 0 saturated carbocycles. The van der Waals surface area contributed by atoms with E-state index in [1.807, 2.05) is 61.5 Å². The minimum absolute atomic E-state index is 0.181. The van der Waals surface area contributed by atoms with E-state index in [0.717, 1.165) is 11.3 Å². The Balaban J connectivity index is 1.62. The van der Waals surface area contributed by atoms with Crippen LogP contribution in [-0.2, 0) is 6.54 Å². The highest BCUT2D eigenvalue weighted by Crippen LogP contribution is 2.17. The van der Waals surface area contributed by atoms with Crippen molar-refractivity contribution in [3.63, 3.8) is 0 Å². The van der Waals surface area contributed by atoms with Crippen LogP contribution in [0.25, 0.3) is 0 Å². The fourth-order valence-electron chi connectivity index (χ4n) is 2.46. The highest BCUT2D eigenvalue weighted by Gasteiger charge is 2.08. The van der Waals surface area contributed by atoms with Crippen molar-refractivity contribution in [1.29, 1.82) is 0 Å². The number of rotatable bonds is 7. The summed E-state index contributed by atoms with van der Waals surface area (Å²) in [5.74, 6) is 1.26. The molecule has 0 aliphatic heterocycles. The molecule has 5 heteroatoms. The van der Waals surface area contributed by atoms with Crippen LogP contribution < -0.4 is 15.4 Å². The summed E-state index contributed by atoms with van der Waals surface area (Å²) >= 11 is 0. The second kappa shape index (κ2) is 8.67. The monoisotopic (exact) mass is 347 g/mol. The number of pyridine rings is 1. The van der Waals surface area contributed by atoms with Crippen molar-refractivity contribution in [2.75, 3.05) is 17.2 Å². The summed E-state index contributed by atoms with van der Waals surface area (Å²) in [4.78, 5) is 16.7. The van der Waals surface area contributed by atoms with Crippen LogP contribution in [0, 0.1) is 0 Å². The maximum atomic E-state index is 12.5. The second-order valence-electron chi connectivity index (χ2n) is 5.68. The first-order chi connectivity index (χ1) is 12.7. The zero-order valence-electron chi connectivity index (χ0n) is 14.6. The highest BCUT2D eigenvalue weighted by molar-refractivity contribution is 6.04. The molecule has 0 spiro atoms. The molecule has 0 bridgehead atoms. The van der Waals surface area contributed by atoms with Gasteiger partial charge in [-0.25, -0.2) is 4.98 Å². The van der Waals surface area contributed by atoms with E-state index in [0.29, 0.717) is 30.2 Å². The molecule has 3 rings (SSSR count). The molecule has 0 fully saturated rings. The Hall–Kier alpha value is -3.34. The van der Waals surface area contributed by atoms with Gasteiger partial charge in [-0.3, -0.25) is 4.79 Å². The molecule has 3 aromatic rings. The molecule has 2 N–H and O–H groups in total. The normalized spacial score (nSPS) is 10.2. The number of ether oxygens (including phenoxy) is 1. The van der Waals surface area contributed by atoms with Crippen LogP contribution in [0.1, 0.15) is 22.8 Å². The Kier molecular flexibility index (Phi) is 5.83. The summed E-state index contributed by atoms with van der Waals surface area (Å²) in [7, 11) is 0. The summed E-state index contributed by atoms with van der Waals surface area (Å²) < 4.78 is 5.40. The van der Waals surface area contributed by atoms with Gasteiger partial charge in [0.2, 0.25) is 0 Å². The number of hydrogen-bond donors (Lipinski definition) is 2. The summed E-state index contributed by atoms with van der Waals surface area (Å²) in [6, 6.07) is 20.8. The molecule has 0 unspecified atom stereocenters. The van der Waals surface area contributed by atoms with Gasteiger partial charge in [0, 0.05) is 24.0 Å². The topological polar surface area (TPSA) is 63.2 Å². The molecule has 0 aliphatic carbocycles. The zero-order valence-corrected chi connectivity index (χ0v) is 14.6. The quantitative estimate of drug-likeness (QED) is 0.667. The number of nitrogens with one attached hydrogen (secondary N) is 2. The second-order valence-corrected chi connectivity index (χ2v) is 5.68. The van der Waals surface area contributed by atoms with Crippen LogP contribution in [-0.4, -0.2) is 17.5 Å². The first-order valence-electron chi connectivity index (χ1n) is 8.52. The predicted molar refractivity (Wildman–Crippen MR) is 104 cm³/mol. The largest absolute Gasteiger partial charge is 0.494 e. The lowest BCUT2D eigenvalue weighted by Crippen LogP contribution is -2.12. The summed E-state index contributed by atoms with van der Waals surface area (Å²) in [5, 5.41) is 6.11. The molecule has 0 atom stereocenters. The average molecular weight is 347 g/mol.